The molecule has 0 amide bonds. The average Bonchev–Trinajstić information content (AvgIpc) is 2.44. The molecule has 1 unspecified atom stereocenters. The molecule has 0 bridgehead atoms. The number of rotatable bonds is 5. The predicted molar refractivity (Wildman–Crippen MR) is 76.3 cm³/mol. The molecule has 112 valence electrons. The van der Waals surface area contributed by atoms with E-state index in [1.54, 1.807) is 0 Å². The minimum Gasteiger partial charge on any atom is -0.388 e. The molecule has 1 N–H and O–H groups in total. The lowest BCUT2D eigenvalue weighted by Crippen LogP contribution is -2.20. The van der Waals surface area contributed by atoms with Gasteiger partial charge in [-0.05, 0) is 42.4 Å². The van der Waals surface area contributed by atoms with Crippen LogP contribution in [0.2, 0.25) is 0 Å². The zero-order valence-corrected chi connectivity index (χ0v) is 12.1. The Labute approximate surface area is 120 Å². The molecule has 0 aromatic heterocycles. The van der Waals surface area contributed by atoms with Crippen molar-refractivity contribution in [3.63, 3.8) is 0 Å². The molecule has 0 heterocycles. The molecular weight excluding hydrogens is 258 g/mol. The van der Waals surface area contributed by atoms with Gasteiger partial charge in [0.1, 0.15) is 11.6 Å². The van der Waals surface area contributed by atoms with Crippen LogP contribution in [0.1, 0.15) is 63.5 Å². The normalized spacial score (nSPS) is 24.6. The zero-order chi connectivity index (χ0) is 14.5. The van der Waals surface area contributed by atoms with Crippen molar-refractivity contribution in [3.05, 3.63) is 35.4 Å². The third-order valence-corrected chi connectivity index (χ3v) is 4.53. The van der Waals surface area contributed by atoms with Crippen molar-refractivity contribution < 1.29 is 13.9 Å². The number of benzene rings is 1. The van der Waals surface area contributed by atoms with Crippen molar-refractivity contribution >= 4 is 0 Å². The molecule has 1 nitrogen and oxygen atoms in total. The number of hydrogen-bond donors (Lipinski definition) is 1. The molecule has 1 atom stereocenters. The van der Waals surface area contributed by atoms with Gasteiger partial charge in [0.15, 0.2) is 0 Å². The van der Waals surface area contributed by atoms with Gasteiger partial charge in [-0.25, -0.2) is 8.78 Å². The van der Waals surface area contributed by atoms with Gasteiger partial charge in [0.05, 0.1) is 6.10 Å². The molecule has 1 aromatic rings. The zero-order valence-electron chi connectivity index (χ0n) is 12.1. The van der Waals surface area contributed by atoms with E-state index in [0.717, 1.165) is 37.7 Å². The minimum absolute atomic E-state index is 0.133. The van der Waals surface area contributed by atoms with E-state index in [4.69, 9.17) is 0 Å². The summed E-state index contributed by atoms with van der Waals surface area (Å²) in [6, 6.07) is 3.34. The molecule has 1 aliphatic carbocycles. The molecule has 2 rings (SSSR count). The van der Waals surface area contributed by atoms with E-state index in [1.165, 1.54) is 31.4 Å². The highest BCUT2D eigenvalue weighted by Crippen LogP contribution is 2.38. The molecule has 1 aromatic carbocycles. The van der Waals surface area contributed by atoms with Crippen molar-refractivity contribution in [1.82, 2.24) is 0 Å². The average molecular weight is 282 g/mol. The number of aliphatic hydroxyl groups is 1. The van der Waals surface area contributed by atoms with Crippen LogP contribution in [0.15, 0.2) is 18.2 Å². The molecular formula is C17H24F2O. The highest BCUT2D eigenvalue weighted by Gasteiger charge is 2.27. The van der Waals surface area contributed by atoms with Crippen LogP contribution in [0.25, 0.3) is 0 Å². The van der Waals surface area contributed by atoms with Crippen LogP contribution in [0.4, 0.5) is 8.78 Å². The molecule has 0 spiro atoms. The Morgan fingerprint density at radius 2 is 1.70 bits per heavy atom. The van der Waals surface area contributed by atoms with E-state index in [1.807, 2.05) is 0 Å². The number of hydrogen-bond acceptors (Lipinski definition) is 1. The Hall–Kier alpha value is -0.960. The second-order valence-electron chi connectivity index (χ2n) is 6.07. The first-order chi connectivity index (χ1) is 9.60. The maximum Gasteiger partial charge on any atom is 0.126 e. The minimum atomic E-state index is -0.743. The summed E-state index contributed by atoms with van der Waals surface area (Å²) < 4.78 is 26.4. The molecule has 0 saturated heterocycles. The molecule has 0 radical (unpaired) electrons. The van der Waals surface area contributed by atoms with Crippen LogP contribution in [0.5, 0.6) is 0 Å². The monoisotopic (exact) mass is 282 g/mol. The van der Waals surface area contributed by atoms with Crippen molar-refractivity contribution in [2.45, 2.75) is 58.0 Å². The summed E-state index contributed by atoms with van der Waals surface area (Å²) in [5, 5.41) is 10.3. The van der Waals surface area contributed by atoms with Crippen molar-refractivity contribution in [2.75, 3.05) is 0 Å². The van der Waals surface area contributed by atoms with Crippen LogP contribution in [-0.4, -0.2) is 5.11 Å². The van der Waals surface area contributed by atoms with Gasteiger partial charge >= 0.3 is 0 Å². The van der Waals surface area contributed by atoms with E-state index in [0.29, 0.717) is 5.56 Å². The number of unbranched alkanes of at least 4 members (excludes halogenated alkanes) is 1. The summed E-state index contributed by atoms with van der Waals surface area (Å²) in [6.07, 6.45) is 7.18. The Morgan fingerprint density at radius 3 is 2.25 bits per heavy atom. The Bertz CT molecular complexity index is 405. The summed E-state index contributed by atoms with van der Waals surface area (Å²) in [4.78, 5) is 0. The van der Waals surface area contributed by atoms with Crippen LogP contribution in [0, 0.1) is 23.5 Å². The summed E-state index contributed by atoms with van der Waals surface area (Å²) in [5.41, 5.74) is 0.375. The van der Waals surface area contributed by atoms with Gasteiger partial charge in [0.2, 0.25) is 0 Å². The van der Waals surface area contributed by atoms with Crippen LogP contribution in [0.3, 0.4) is 0 Å². The molecule has 1 saturated carbocycles. The third-order valence-electron chi connectivity index (χ3n) is 4.53. The van der Waals surface area contributed by atoms with Crippen molar-refractivity contribution in [2.24, 2.45) is 11.8 Å². The standard InChI is InChI=1S/C17H24F2O/c1-2-3-4-12-5-7-13(8-6-12)17(20)14-9-15(18)11-16(19)10-14/h9-13,17,20H,2-8H2,1H3. The van der Waals surface area contributed by atoms with E-state index < -0.39 is 17.7 Å². The first kappa shape index (κ1) is 15.4. The summed E-state index contributed by atoms with van der Waals surface area (Å²) >= 11 is 0. The fourth-order valence-electron chi connectivity index (χ4n) is 3.30. The number of aliphatic hydroxyl groups excluding tert-OH is 1. The predicted octanol–water partition coefficient (Wildman–Crippen LogP) is 4.99. The molecule has 0 aliphatic heterocycles. The Balaban J connectivity index is 1.92. The van der Waals surface area contributed by atoms with E-state index in [2.05, 4.69) is 6.92 Å². The van der Waals surface area contributed by atoms with Gasteiger partial charge in [-0.15, -0.1) is 0 Å². The molecule has 1 fully saturated rings. The molecule has 3 heteroatoms. The fourth-order valence-corrected chi connectivity index (χ4v) is 3.30. The van der Waals surface area contributed by atoms with Crippen LogP contribution in [-0.2, 0) is 0 Å². The molecule has 1 aliphatic rings. The Morgan fingerprint density at radius 1 is 1.10 bits per heavy atom. The first-order valence-electron chi connectivity index (χ1n) is 7.74. The van der Waals surface area contributed by atoms with Crippen LogP contribution < -0.4 is 0 Å². The maximum atomic E-state index is 13.2. The lowest BCUT2D eigenvalue weighted by Gasteiger charge is -2.31. The third kappa shape index (κ3) is 4.02. The van der Waals surface area contributed by atoms with Gasteiger partial charge in [0, 0.05) is 6.07 Å². The highest BCUT2D eigenvalue weighted by molar-refractivity contribution is 5.20. The van der Waals surface area contributed by atoms with Gasteiger partial charge in [-0.2, -0.15) is 0 Å². The number of halogens is 2. The van der Waals surface area contributed by atoms with Gasteiger partial charge < -0.3 is 5.11 Å². The van der Waals surface area contributed by atoms with E-state index in [9.17, 15) is 13.9 Å². The van der Waals surface area contributed by atoms with Gasteiger partial charge in [-0.1, -0.05) is 39.0 Å². The fraction of sp³-hybridized carbons (Fsp3) is 0.647. The summed E-state index contributed by atoms with van der Waals surface area (Å²) in [6.45, 7) is 2.20. The lowest BCUT2D eigenvalue weighted by molar-refractivity contribution is 0.0715. The van der Waals surface area contributed by atoms with Gasteiger partial charge in [-0.3, -0.25) is 0 Å². The maximum absolute atomic E-state index is 13.2. The van der Waals surface area contributed by atoms with E-state index >= 15 is 0 Å². The SMILES string of the molecule is CCCCC1CCC(C(O)c2cc(F)cc(F)c2)CC1. The topological polar surface area (TPSA) is 20.2 Å². The van der Waals surface area contributed by atoms with E-state index in [-0.39, 0.29) is 5.92 Å². The van der Waals surface area contributed by atoms with Gasteiger partial charge in [0.25, 0.3) is 0 Å². The highest BCUT2D eigenvalue weighted by atomic mass is 19.1. The van der Waals surface area contributed by atoms with Crippen molar-refractivity contribution in [3.8, 4) is 0 Å². The summed E-state index contributed by atoms with van der Waals surface area (Å²) in [5.74, 6) is -0.330. The summed E-state index contributed by atoms with van der Waals surface area (Å²) in [7, 11) is 0. The lowest BCUT2D eigenvalue weighted by atomic mass is 9.76. The second-order valence-corrected chi connectivity index (χ2v) is 6.07. The Kier molecular flexibility index (Phi) is 5.53. The largest absolute Gasteiger partial charge is 0.388 e. The first-order valence-corrected chi connectivity index (χ1v) is 7.74. The van der Waals surface area contributed by atoms with Crippen LogP contribution >= 0.6 is 0 Å². The molecule has 20 heavy (non-hydrogen) atoms. The van der Waals surface area contributed by atoms with Crippen molar-refractivity contribution in [1.29, 1.82) is 0 Å². The quantitative estimate of drug-likeness (QED) is 0.806. The smallest absolute Gasteiger partial charge is 0.126 e. The second kappa shape index (κ2) is 7.16.